The van der Waals surface area contributed by atoms with Gasteiger partial charge in [-0.05, 0) is 37.1 Å². The molecule has 0 spiro atoms. The number of nitrogens with one attached hydrogen (secondary N) is 1. The number of fused-ring (bicyclic) bond motifs is 2. The van der Waals surface area contributed by atoms with E-state index in [9.17, 15) is 9.59 Å². The summed E-state index contributed by atoms with van der Waals surface area (Å²) >= 11 is 0. The van der Waals surface area contributed by atoms with Gasteiger partial charge in [-0.3, -0.25) is 14.0 Å². The zero-order chi connectivity index (χ0) is 20.9. The molecule has 3 heterocycles. The van der Waals surface area contributed by atoms with Gasteiger partial charge in [0, 0.05) is 32.5 Å². The molecule has 3 aromatic heterocycles. The monoisotopic (exact) mass is 404 g/mol. The molecule has 0 saturated carbocycles. The minimum atomic E-state index is -0.228. The Bertz CT molecular complexity index is 1230. The first kappa shape index (κ1) is 19.8. The summed E-state index contributed by atoms with van der Waals surface area (Å²) in [6.07, 6.45) is 2.41. The maximum Gasteiger partial charge on any atom is 0.268 e. The lowest BCUT2D eigenvalue weighted by molar-refractivity contribution is 0.0936. The molecule has 0 aliphatic rings. The first-order chi connectivity index (χ1) is 14.7. The van der Waals surface area contributed by atoms with Gasteiger partial charge in [0.05, 0.1) is 5.39 Å². The highest BCUT2D eigenvalue weighted by Crippen LogP contribution is 2.18. The van der Waals surface area contributed by atoms with E-state index in [0.717, 1.165) is 12.0 Å². The SMILES string of the molecule is CCOCCCNC(=O)c1cc2c(=O)n3ccccc3nc2n1Cc1ccccc1. The van der Waals surface area contributed by atoms with Gasteiger partial charge in [0.2, 0.25) is 0 Å². The Labute approximate surface area is 173 Å². The molecule has 1 amide bonds. The molecular formula is C23H24N4O3. The summed E-state index contributed by atoms with van der Waals surface area (Å²) in [6.45, 7) is 4.14. The zero-order valence-corrected chi connectivity index (χ0v) is 16.9. The summed E-state index contributed by atoms with van der Waals surface area (Å²) < 4.78 is 8.64. The van der Waals surface area contributed by atoms with E-state index in [0.29, 0.717) is 48.7 Å². The molecule has 0 atom stereocenters. The largest absolute Gasteiger partial charge is 0.382 e. The molecule has 1 N–H and O–H groups in total. The van der Waals surface area contributed by atoms with Crippen molar-refractivity contribution >= 4 is 22.6 Å². The van der Waals surface area contributed by atoms with Crippen LogP contribution < -0.4 is 10.9 Å². The van der Waals surface area contributed by atoms with E-state index in [-0.39, 0.29) is 11.5 Å². The van der Waals surface area contributed by atoms with Gasteiger partial charge in [-0.15, -0.1) is 0 Å². The van der Waals surface area contributed by atoms with Crippen molar-refractivity contribution in [2.24, 2.45) is 0 Å². The first-order valence-corrected chi connectivity index (χ1v) is 10.1. The van der Waals surface area contributed by atoms with Crippen LogP contribution in [0.5, 0.6) is 0 Å². The van der Waals surface area contributed by atoms with E-state index < -0.39 is 0 Å². The fourth-order valence-electron chi connectivity index (χ4n) is 3.48. The van der Waals surface area contributed by atoms with Crippen molar-refractivity contribution in [2.45, 2.75) is 19.9 Å². The second kappa shape index (κ2) is 8.92. The molecule has 154 valence electrons. The van der Waals surface area contributed by atoms with Gasteiger partial charge in [-0.1, -0.05) is 36.4 Å². The lowest BCUT2D eigenvalue weighted by Gasteiger charge is -2.11. The predicted octanol–water partition coefficient (Wildman–Crippen LogP) is 2.85. The van der Waals surface area contributed by atoms with Crippen molar-refractivity contribution in [1.82, 2.24) is 19.3 Å². The third kappa shape index (κ3) is 3.97. The van der Waals surface area contributed by atoms with Gasteiger partial charge >= 0.3 is 0 Å². The quantitative estimate of drug-likeness (QED) is 0.458. The van der Waals surface area contributed by atoms with Gasteiger partial charge < -0.3 is 14.6 Å². The van der Waals surface area contributed by atoms with Crippen LogP contribution in [0.3, 0.4) is 0 Å². The Hall–Kier alpha value is -3.45. The van der Waals surface area contributed by atoms with Crippen LogP contribution in [0.25, 0.3) is 16.7 Å². The van der Waals surface area contributed by atoms with Crippen LogP contribution in [0.2, 0.25) is 0 Å². The summed E-state index contributed by atoms with van der Waals surface area (Å²) in [5, 5.41) is 3.35. The lowest BCUT2D eigenvalue weighted by atomic mass is 10.2. The van der Waals surface area contributed by atoms with Gasteiger partial charge in [-0.2, -0.15) is 0 Å². The van der Waals surface area contributed by atoms with E-state index in [2.05, 4.69) is 10.3 Å². The second-order valence-electron chi connectivity index (χ2n) is 6.99. The van der Waals surface area contributed by atoms with Crippen molar-refractivity contribution in [3.05, 3.63) is 82.4 Å². The van der Waals surface area contributed by atoms with Crippen LogP contribution >= 0.6 is 0 Å². The molecular weight excluding hydrogens is 380 g/mol. The summed E-state index contributed by atoms with van der Waals surface area (Å²) in [5.41, 5.74) is 2.31. The van der Waals surface area contributed by atoms with E-state index in [1.807, 2.05) is 47.9 Å². The zero-order valence-electron chi connectivity index (χ0n) is 16.9. The number of rotatable bonds is 8. The number of hydrogen-bond donors (Lipinski definition) is 1. The molecule has 0 radical (unpaired) electrons. The topological polar surface area (TPSA) is 77.6 Å². The highest BCUT2D eigenvalue weighted by atomic mass is 16.5. The third-order valence-electron chi connectivity index (χ3n) is 4.95. The maximum atomic E-state index is 13.0. The number of benzene rings is 1. The summed E-state index contributed by atoms with van der Waals surface area (Å²) in [6, 6.07) is 16.9. The fourth-order valence-corrected chi connectivity index (χ4v) is 3.48. The third-order valence-corrected chi connectivity index (χ3v) is 4.95. The summed E-state index contributed by atoms with van der Waals surface area (Å²) in [4.78, 5) is 30.7. The van der Waals surface area contributed by atoms with E-state index in [1.54, 1.807) is 24.4 Å². The first-order valence-electron chi connectivity index (χ1n) is 10.1. The second-order valence-corrected chi connectivity index (χ2v) is 6.99. The standard InChI is InChI=1S/C23H24N4O3/c1-2-30-14-8-12-24-22(28)19-15-18-21(27(19)16-17-9-4-3-5-10-17)25-20-11-6-7-13-26(20)23(18)29/h3-7,9-11,13,15H,2,8,12,14,16H2,1H3,(H,24,28). The molecule has 4 rings (SSSR count). The van der Waals surface area contributed by atoms with Crippen LogP contribution in [-0.4, -0.2) is 39.6 Å². The van der Waals surface area contributed by atoms with Crippen LogP contribution in [-0.2, 0) is 11.3 Å². The molecule has 0 fully saturated rings. The minimum Gasteiger partial charge on any atom is -0.382 e. The van der Waals surface area contributed by atoms with Crippen molar-refractivity contribution in [1.29, 1.82) is 0 Å². The smallest absolute Gasteiger partial charge is 0.268 e. The highest BCUT2D eigenvalue weighted by molar-refractivity contribution is 5.98. The Kier molecular flexibility index (Phi) is 5.90. The maximum absolute atomic E-state index is 13.0. The molecule has 0 unspecified atom stereocenters. The Morgan fingerprint density at radius 3 is 2.73 bits per heavy atom. The fraction of sp³-hybridized carbons (Fsp3) is 0.261. The number of carbonyl (C=O) groups is 1. The van der Waals surface area contributed by atoms with Crippen LogP contribution in [0.15, 0.2) is 65.6 Å². The molecule has 7 nitrogen and oxygen atoms in total. The molecule has 0 aliphatic heterocycles. The van der Waals surface area contributed by atoms with E-state index in [4.69, 9.17) is 4.74 Å². The van der Waals surface area contributed by atoms with E-state index >= 15 is 0 Å². The van der Waals surface area contributed by atoms with Crippen molar-refractivity contribution in [2.75, 3.05) is 19.8 Å². The molecule has 4 aromatic rings. The number of hydrogen-bond acceptors (Lipinski definition) is 4. The van der Waals surface area contributed by atoms with Crippen LogP contribution in [0.1, 0.15) is 29.4 Å². The lowest BCUT2D eigenvalue weighted by Crippen LogP contribution is -2.27. The number of pyridine rings is 1. The molecule has 0 saturated heterocycles. The van der Waals surface area contributed by atoms with Gasteiger partial charge in [0.15, 0.2) is 0 Å². The highest BCUT2D eigenvalue weighted by Gasteiger charge is 2.19. The number of carbonyl (C=O) groups excluding carboxylic acids is 1. The molecule has 0 aliphatic carbocycles. The number of ether oxygens (including phenoxy) is 1. The molecule has 7 heteroatoms. The molecule has 0 bridgehead atoms. The molecule has 30 heavy (non-hydrogen) atoms. The van der Waals surface area contributed by atoms with Crippen molar-refractivity contribution < 1.29 is 9.53 Å². The Morgan fingerprint density at radius 2 is 1.93 bits per heavy atom. The molecule has 1 aromatic carbocycles. The van der Waals surface area contributed by atoms with Gasteiger partial charge in [0.25, 0.3) is 11.5 Å². The van der Waals surface area contributed by atoms with Crippen LogP contribution in [0, 0.1) is 0 Å². The van der Waals surface area contributed by atoms with Crippen molar-refractivity contribution in [3.8, 4) is 0 Å². The van der Waals surface area contributed by atoms with Crippen LogP contribution in [0.4, 0.5) is 0 Å². The summed E-state index contributed by atoms with van der Waals surface area (Å²) in [5.74, 6) is -0.228. The average Bonchev–Trinajstić information content (AvgIpc) is 3.13. The number of nitrogens with zero attached hydrogens (tertiary/aromatic N) is 3. The Morgan fingerprint density at radius 1 is 1.13 bits per heavy atom. The number of amides is 1. The van der Waals surface area contributed by atoms with Gasteiger partial charge in [-0.25, -0.2) is 4.98 Å². The predicted molar refractivity (Wildman–Crippen MR) is 116 cm³/mol. The van der Waals surface area contributed by atoms with Gasteiger partial charge in [0.1, 0.15) is 17.0 Å². The summed E-state index contributed by atoms with van der Waals surface area (Å²) in [7, 11) is 0. The average molecular weight is 404 g/mol. The number of aromatic nitrogens is 3. The van der Waals surface area contributed by atoms with Crippen molar-refractivity contribution in [3.63, 3.8) is 0 Å². The Balaban J connectivity index is 1.76. The van der Waals surface area contributed by atoms with E-state index in [1.165, 1.54) is 4.40 Å². The minimum absolute atomic E-state index is 0.187. The normalized spacial score (nSPS) is 11.2.